The molecule has 0 amide bonds. The van der Waals surface area contributed by atoms with Gasteiger partial charge in [-0.2, -0.15) is 0 Å². The van der Waals surface area contributed by atoms with E-state index in [0.717, 1.165) is 10.6 Å². The first-order valence-electron chi connectivity index (χ1n) is 10.4. The highest BCUT2D eigenvalue weighted by molar-refractivity contribution is 6.24. The number of carboxylic acid groups (broad SMARTS) is 1. The van der Waals surface area contributed by atoms with Crippen LogP contribution >= 0.6 is 11.6 Å². The zero-order chi connectivity index (χ0) is 24.6. The van der Waals surface area contributed by atoms with Crippen molar-refractivity contribution < 1.29 is 24.2 Å². The lowest BCUT2D eigenvalue weighted by Gasteiger charge is -2.29. The number of aromatic nitrogens is 2. The Kier molecular flexibility index (Phi) is 6.16. The first-order valence-corrected chi connectivity index (χ1v) is 10.7. The van der Waals surface area contributed by atoms with Gasteiger partial charge >= 0.3 is 17.6 Å². The second-order valence-corrected chi connectivity index (χ2v) is 8.91. The topological polar surface area (TPSA) is 128 Å². The maximum Gasteiger partial charge on any atom is 0.338 e. The summed E-state index contributed by atoms with van der Waals surface area (Å²) in [5.74, 6) is -1.79. The molecule has 3 aromatic rings. The number of esters is 1. The van der Waals surface area contributed by atoms with Gasteiger partial charge in [-0.3, -0.25) is 14.3 Å². The number of rotatable bonds is 5. The van der Waals surface area contributed by atoms with Crippen LogP contribution in [-0.4, -0.2) is 37.6 Å². The Balaban J connectivity index is 1.83. The summed E-state index contributed by atoms with van der Waals surface area (Å²) in [7, 11) is 0. The van der Waals surface area contributed by atoms with Gasteiger partial charge in [-0.05, 0) is 43.2 Å². The van der Waals surface area contributed by atoms with Gasteiger partial charge in [0.05, 0.1) is 11.1 Å². The molecule has 4 rings (SSSR count). The van der Waals surface area contributed by atoms with Crippen LogP contribution in [0.4, 0.5) is 0 Å². The Bertz CT molecular complexity index is 1360. The lowest BCUT2D eigenvalue weighted by molar-refractivity contribution is -0.0321. The van der Waals surface area contributed by atoms with E-state index in [1.165, 1.54) is 12.3 Å². The molecule has 0 unspecified atom stereocenters. The molecule has 1 aromatic heterocycles. The van der Waals surface area contributed by atoms with E-state index in [1.54, 1.807) is 56.3 Å². The van der Waals surface area contributed by atoms with Crippen molar-refractivity contribution in [3.05, 3.63) is 104 Å². The third-order valence-electron chi connectivity index (χ3n) is 5.85. The molecule has 2 aromatic carbocycles. The summed E-state index contributed by atoms with van der Waals surface area (Å²) in [6.07, 6.45) is -2.03. The van der Waals surface area contributed by atoms with Gasteiger partial charge in [-0.25, -0.2) is 14.4 Å². The first kappa shape index (κ1) is 23.5. The number of nitrogens with one attached hydrogen (secondary N) is 1. The zero-order valence-corrected chi connectivity index (χ0v) is 19.0. The Morgan fingerprint density at radius 2 is 1.82 bits per heavy atom. The molecule has 2 heterocycles. The Morgan fingerprint density at radius 3 is 2.47 bits per heavy atom. The number of benzene rings is 2. The van der Waals surface area contributed by atoms with Gasteiger partial charge in [-0.1, -0.05) is 30.3 Å². The molecule has 1 fully saturated rings. The van der Waals surface area contributed by atoms with Crippen molar-refractivity contribution in [1.29, 1.82) is 0 Å². The van der Waals surface area contributed by atoms with Gasteiger partial charge in [-0.15, -0.1) is 11.6 Å². The van der Waals surface area contributed by atoms with Gasteiger partial charge in [0.25, 0.3) is 5.56 Å². The Morgan fingerprint density at radius 1 is 1.12 bits per heavy atom. The SMILES string of the molecule is Cc1c(C(=O)O)cccc1[C@H]1O[C@@H](n2ccc(=O)[nH]c2=O)[C@](C)(Cl)[C@@H]1OC(=O)c1ccccc1. The van der Waals surface area contributed by atoms with Crippen LogP contribution < -0.4 is 11.2 Å². The number of hydrogen-bond donors (Lipinski definition) is 2. The van der Waals surface area contributed by atoms with Crippen molar-refractivity contribution in [2.24, 2.45) is 0 Å². The van der Waals surface area contributed by atoms with Crippen molar-refractivity contribution >= 4 is 23.5 Å². The molecule has 0 bridgehead atoms. The van der Waals surface area contributed by atoms with Crippen LogP contribution in [0, 0.1) is 6.92 Å². The van der Waals surface area contributed by atoms with Crippen LogP contribution in [0.1, 0.15) is 51.1 Å². The minimum absolute atomic E-state index is 0.0511. The standard InChI is InChI=1S/C24H21ClN2O7/c1-13-15(9-6-10-16(13)20(29)30)18-19(34-21(31)14-7-4-3-5-8-14)24(2,25)22(33-18)27-12-11-17(28)26-23(27)32/h3-12,18-19,22H,1-2H3,(H,29,30)(H,26,28,32)/t18-,19-,22-,24-/m1/s1. The van der Waals surface area contributed by atoms with Crippen molar-refractivity contribution in [3.8, 4) is 0 Å². The number of alkyl halides is 1. The smallest absolute Gasteiger partial charge is 0.338 e. The van der Waals surface area contributed by atoms with Crippen LogP contribution in [0.25, 0.3) is 0 Å². The average molecular weight is 485 g/mol. The number of nitrogens with zero attached hydrogens (tertiary/aromatic N) is 1. The second-order valence-electron chi connectivity index (χ2n) is 8.09. The fourth-order valence-corrected chi connectivity index (χ4v) is 4.41. The first-order chi connectivity index (χ1) is 16.1. The summed E-state index contributed by atoms with van der Waals surface area (Å²) < 4.78 is 13.1. The summed E-state index contributed by atoms with van der Waals surface area (Å²) >= 11 is 6.91. The van der Waals surface area contributed by atoms with E-state index in [2.05, 4.69) is 4.98 Å². The zero-order valence-electron chi connectivity index (χ0n) is 18.2. The fraction of sp³-hybridized carbons (Fsp3) is 0.250. The molecule has 1 aliphatic heterocycles. The number of carbonyl (C=O) groups excluding carboxylic acids is 1. The molecule has 0 saturated carbocycles. The maximum atomic E-state index is 12.9. The predicted molar refractivity (Wildman–Crippen MR) is 122 cm³/mol. The maximum absolute atomic E-state index is 12.9. The van der Waals surface area contributed by atoms with Gasteiger partial charge in [0.15, 0.2) is 12.3 Å². The number of aromatic carboxylic acids is 1. The molecular formula is C24H21ClN2O7. The van der Waals surface area contributed by atoms with E-state index >= 15 is 0 Å². The summed E-state index contributed by atoms with van der Waals surface area (Å²) in [6, 6.07) is 14.1. The molecule has 10 heteroatoms. The molecule has 34 heavy (non-hydrogen) atoms. The number of H-pyrrole nitrogens is 1. The van der Waals surface area contributed by atoms with Gasteiger partial charge < -0.3 is 14.6 Å². The number of halogens is 1. The number of carboxylic acids is 1. The fourth-order valence-electron chi connectivity index (χ4n) is 4.09. The molecular weight excluding hydrogens is 464 g/mol. The van der Waals surface area contributed by atoms with Gasteiger partial charge in [0.1, 0.15) is 11.0 Å². The van der Waals surface area contributed by atoms with E-state index in [1.807, 2.05) is 0 Å². The van der Waals surface area contributed by atoms with E-state index in [-0.39, 0.29) is 11.1 Å². The number of ether oxygens (including phenoxy) is 2. The summed E-state index contributed by atoms with van der Waals surface area (Å²) in [5, 5.41) is 9.56. The molecule has 4 atom stereocenters. The average Bonchev–Trinajstić information content (AvgIpc) is 3.04. The van der Waals surface area contributed by atoms with E-state index < -0.39 is 46.5 Å². The minimum Gasteiger partial charge on any atom is -0.478 e. The van der Waals surface area contributed by atoms with Crippen LogP contribution in [0.2, 0.25) is 0 Å². The second kappa shape index (κ2) is 8.92. The number of carbonyl (C=O) groups is 2. The lowest BCUT2D eigenvalue weighted by atomic mass is 9.91. The Labute approximate surface area is 198 Å². The van der Waals surface area contributed by atoms with Crippen LogP contribution in [0.3, 0.4) is 0 Å². The molecule has 176 valence electrons. The van der Waals surface area contributed by atoms with Crippen molar-refractivity contribution in [2.45, 2.75) is 37.2 Å². The third kappa shape index (κ3) is 4.15. The third-order valence-corrected chi connectivity index (χ3v) is 6.25. The summed E-state index contributed by atoms with van der Waals surface area (Å²) in [4.78, 5) is 49.4. The molecule has 0 radical (unpaired) electrons. The van der Waals surface area contributed by atoms with E-state index in [4.69, 9.17) is 21.1 Å². The molecule has 0 spiro atoms. The van der Waals surface area contributed by atoms with Gasteiger partial charge in [0, 0.05) is 12.3 Å². The molecule has 1 saturated heterocycles. The molecule has 1 aliphatic rings. The Hall–Kier alpha value is -3.69. The van der Waals surface area contributed by atoms with E-state index in [0.29, 0.717) is 11.1 Å². The van der Waals surface area contributed by atoms with E-state index in [9.17, 15) is 24.3 Å². The monoisotopic (exact) mass is 484 g/mol. The minimum atomic E-state index is -1.47. The quantitative estimate of drug-likeness (QED) is 0.420. The lowest BCUT2D eigenvalue weighted by Crippen LogP contribution is -2.43. The van der Waals surface area contributed by atoms with Crippen molar-refractivity contribution in [2.75, 3.05) is 0 Å². The van der Waals surface area contributed by atoms with Crippen molar-refractivity contribution in [3.63, 3.8) is 0 Å². The number of aromatic amines is 1. The normalized spacial score (nSPS) is 24.0. The highest BCUT2D eigenvalue weighted by Gasteiger charge is 2.57. The highest BCUT2D eigenvalue weighted by Crippen LogP contribution is 2.51. The van der Waals surface area contributed by atoms with Gasteiger partial charge in [0.2, 0.25) is 0 Å². The molecule has 0 aliphatic carbocycles. The highest BCUT2D eigenvalue weighted by atomic mass is 35.5. The molecule has 9 nitrogen and oxygen atoms in total. The van der Waals surface area contributed by atoms with Crippen LogP contribution in [-0.2, 0) is 9.47 Å². The van der Waals surface area contributed by atoms with Crippen LogP contribution in [0.15, 0.2) is 70.4 Å². The predicted octanol–water partition coefficient (Wildman–Crippen LogP) is 3.04. The number of hydrogen-bond acceptors (Lipinski definition) is 6. The molecule has 2 N–H and O–H groups in total. The summed E-state index contributed by atoms with van der Waals surface area (Å²) in [5.41, 5.74) is -0.164. The van der Waals surface area contributed by atoms with Crippen LogP contribution in [0.5, 0.6) is 0 Å². The van der Waals surface area contributed by atoms with Crippen molar-refractivity contribution in [1.82, 2.24) is 9.55 Å². The summed E-state index contributed by atoms with van der Waals surface area (Å²) in [6.45, 7) is 3.17. The largest absolute Gasteiger partial charge is 0.478 e.